The highest BCUT2D eigenvalue weighted by atomic mass is 35.5. The normalized spacial score (nSPS) is 11.8. The van der Waals surface area contributed by atoms with E-state index in [9.17, 15) is 12.8 Å². The van der Waals surface area contributed by atoms with Gasteiger partial charge in [0, 0.05) is 18.1 Å². The minimum Gasteiger partial charge on any atom is -0.207 e. The number of rotatable bonds is 5. The van der Waals surface area contributed by atoms with E-state index in [2.05, 4.69) is 0 Å². The molecule has 0 spiro atoms. The fourth-order valence-corrected chi connectivity index (χ4v) is 3.66. The van der Waals surface area contributed by atoms with Crippen molar-refractivity contribution in [1.82, 2.24) is 4.31 Å². The highest BCUT2D eigenvalue weighted by Crippen LogP contribution is 2.23. The molecular weight excluding hydrogens is 313 g/mol. The maximum absolute atomic E-state index is 13.8. The van der Waals surface area contributed by atoms with E-state index in [0.29, 0.717) is 10.6 Å². The van der Waals surface area contributed by atoms with Crippen molar-refractivity contribution in [1.29, 1.82) is 0 Å². The molecule has 6 heteroatoms. The predicted molar refractivity (Wildman–Crippen MR) is 81.1 cm³/mol. The molecule has 0 saturated heterocycles. The molecule has 0 fully saturated rings. The Kier molecular flexibility index (Phi) is 4.98. The lowest BCUT2D eigenvalue weighted by molar-refractivity contribution is 0.419. The van der Waals surface area contributed by atoms with Gasteiger partial charge in [-0.2, -0.15) is 4.31 Å². The van der Waals surface area contributed by atoms with Crippen LogP contribution >= 0.6 is 11.6 Å². The maximum atomic E-state index is 13.8. The zero-order chi connectivity index (χ0) is 15.5. The van der Waals surface area contributed by atoms with Gasteiger partial charge in [0.1, 0.15) is 10.7 Å². The quantitative estimate of drug-likeness (QED) is 0.840. The molecule has 3 nitrogen and oxygen atoms in total. The minimum atomic E-state index is -3.90. The molecule has 0 aromatic heterocycles. The van der Waals surface area contributed by atoms with Gasteiger partial charge in [0.05, 0.1) is 0 Å². The highest BCUT2D eigenvalue weighted by molar-refractivity contribution is 7.89. The second-order valence-electron chi connectivity index (χ2n) is 4.45. The summed E-state index contributed by atoms with van der Waals surface area (Å²) in [6, 6.07) is 12.4. The molecule has 0 aliphatic carbocycles. The molecule has 0 unspecified atom stereocenters. The van der Waals surface area contributed by atoms with Crippen molar-refractivity contribution in [2.45, 2.75) is 18.4 Å². The van der Waals surface area contributed by atoms with E-state index in [4.69, 9.17) is 11.6 Å². The summed E-state index contributed by atoms with van der Waals surface area (Å²) < 4.78 is 40.1. The predicted octanol–water partition coefficient (Wildman–Crippen LogP) is 3.69. The Morgan fingerprint density at radius 2 is 1.71 bits per heavy atom. The molecule has 0 bridgehead atoms. The molecule has 2 rings (SSSR count). The van der Waals surface area contributed by atoms with E-state index in [1.807, 2.05) is 0 Å². The van der Waals surface area contributed by atoms with Gasteiger partial charge in [0.25, 0.3) is 0 Å². The van der Waals surface area contributed by atoms with Crippen LogP contribution in [-0.2, 0) is 16.6 Å². The smallest absolute Gasteiger partial charge is 0.207 e. The third kappa shape index (κ3) is 3.43. The molecule has 0 amide bonds. The third-order valence-corrected chi connectivity index (χ3v) is 5.43. The summed E-state index contributed by atoms with van der Waals surface area (Å²) in [6.45, 7) is 2.03. The van der Waals surface area contributed by atoms with Gasteiger partial charge in [-0.15, -0.1) is 0 Å². The van der Waals surface area contributed by atoms with Crippen molar-refractivity contribution < 1.29 is 12.8 Å². The van der Waals surface area contributed by atoms with Crippen LogP contribution < -0.4 is 0 Å². The summed E-state index contributed by atoms with van der Waals surface area (Å²) >= 11 is 6.06. The molecule has 2 aromatic carbocycles. The van der Waals surface area contributed by atoms with Gasteiger partial charge < -0.3 is 0 Å². The largest absolute Gasteiger partial charge is 0.246 e. The third-order valence-electron chi connectivity index (χ3n) is 3.11. The lowest BCUT2D eigenvalue weighted by atomic mass is 10.2. The first-order valence-electron chi connectivity index (χ1n) is 6.45. The average molecular weight is 328 g/mol. The molecule has 0 aliphatic heterocycles. The molecule has 0 saturated carbocycles. The monoisotopic (exact) mass is 327 g/mol. The van der Waals surface area contributed by atoms with Crippen LogP contribution in [0.15, 0.2) is 53.4 Å². The molecule has 0 aliphatic rings. The highest BCUT2D eigenvalue weighted by Gasteiger charge is 2.26. The van der Waals surface area contributed by atoms with Crippen LogP contribution in [0.3, 0.4) is 0 Å². The van der Waals surface area contributed by atoms with E-state index >= 15 is 0 Å². The summed E-state index contributed by atoms with van der Waals surface area (Å²) in [5.41, 5.74) is 0.681. The summed E-state index contributed by atoms with van der Waals surface area (Å²) in [6.07, 6.45) is 0. The molecular formula is C15H15ClFNO2S. The van der Waals surface area contributed by atoms with Crippen LogP contribution in [0.5, 0.6) is 0 Å². The molecule has 0 radical (unpaired) electrons. The van der Waals surface area contributed by atoms with E-state index < -0.39 is 15.8 Å². The van der Waals surface area contributed by atoms with Gasteiger partial charge in [0.2, 0.25) is 10.0 Å². The van der Waals surface area contributed by atoms with Crippen LogP contribution in [0.4, 0.5) is 4.39 Å². The van der Waals surface area contributed by atoms with Crippen LogP contribution in [0.25, 0.3) is 0 Å². The number of hydrogen-bond acceptors (Lipinski definition) is 2. The summed E-state index contributed by atoms with van der Waals surface area (Å²) in [5.74, 6) is -0.755. The number of nitrogens with zero attached hydrogens (tertiary/aromatic N) is 1. The van der Waals surface area contributed by atoms with Gasteiger partial charge >= 0.3 is 0 Å². The van der Waals surface area contributed by atoms with Crippen molar-refractivity contribution >= 4 is 21.6 Å². The zero-order valence-electron chi connectivity index (χ0n) is 11.5. The van der Waals surface area contributed by atoms with E-state index in [0.717, 1.165) is 6.07 Å². The van der Waals surface area contributed by atoms with Crippen molar-refractivity contribution in [3.63, 3.8) is 0 Å². The van der Waals surface area contributed by atoms with Gasteiger partial charge in [0.15, 0.2) is 0 Å². The lowest BCUT2D eigenvalue weighted by Gasteiger charge is -2.21. The second-order valence-corrected chi connectivity index (χ2v) is 6.77. The van der Waals surface area contributed by atoms with Gasteiger partial charge in [-0.3, -0.25) is 0 Å². The standard InChI is InChI=1S/C15H15ClFNO2S/c1-2-18(11-12-7-3-4-8-13(12)16)21(19,20)15-10-6-5-9-14(15)17/h3-10H,2,11H2,1H3. The van der Waals surface area contributed by atoms with Gasteiger partial charge in [-0.1, -0.05) is 48.9 Å². The Labute approximate surface area is 129 Å². The van der Waals surface area contributed by atoms with Crippen molar-refractivity contribution in [3.8, 4) is 0 Å². The zero-order valence-corrected chi connectivity index (χ0v) is 13.0. The first kappa shape index (κ1) is 15.9. The Balaban J connectivity index is 2.37. The van der Waals surface area contributed by atoms with Crippen LogP contribution in [0, 0.1) is 5.82 Å². The summed E-state index contributed by atoms with van der Waals surface area (Å²) in [5, 5.41) is 0.486. The van der Waals surface area contributed by atoms with Crippen LogP contribution in [0.1, 0.15) is 12.5 Å². The Bertz CT molecular complexity index is 734. The Morgan fingerprint density at radius 1 is 1.10 bits per heavy atom. The molecule has 0 heterocycles. The second kappa shape index (κ2) is 6.56. The first-order valence-corrected chi connectivity index (χ1v) is 8.26. The molecule has 112 valence electrons. The van der Waals surface area contributed by atoms with Crippen LogP contribution in [-0.4, -0.2) is 19.3 Å². The average Bonchev–Trinajstić information content (AvgIpc) is 2.46. The molecule has 2 aromatic rings. The van der Waals surface area contributed by atoms with E-state index in [1.54, 1.807) is 31.2 Å². The fourth-order valence-electron chi connectivity index (χ4n) is 1.98. The van der Waals surface area contributed by atoms with Gasteiger partial charge in [-0.05, 0) is 23.8 Å². The van der Waals surface area contributed by atoms with Crippen molar-refractivity contribution in [2.75, 3.05) is 6.54 Å². The van der Waals surface area contributed by atoms with Gasteiger partial charge in [-0.25, -0.2) is 12.8 Å². The van der Waals surface area contributed by atoms with E-state index in [1.165, 1.54) is 22.5 Å². The minimum absolute atomic E-state index is 0.104. The fraction of sp³-hybridized carbons (Fsp3) is 0.200. The van der Waals surface area contributed by atoms with Crippen molar-refractivity contribution in [3.05, 3.63) is 64.9 Å². The molecule has 21 heavy (non-hydrogen) atoms. The van der Waals surface area contributed by atoms with Crippen LogP contribution in [0.2, 0.25) is 5.02 Å². The summed E-state index contributed by atoms with van der Waals surface area (Å²) in [4.78, 5) is -0.320. The Hall–Kier alpha value is -1.43. The van der Waals surface area contributed by atoms with Crippen molar-refractivity contribution in [2.24, 2.45) is 0 Å². The number of benzene rings is 2. The number of sulfonamides is 1. The Morgan fingerprint density at radius 3 is 2.33 bits per heavy atom. The number of hydrogen-bond donors (Lipinski definition) is 0. The number of halogens is 2. The first-order chi connectivity index (χ1) is 9.96. The maximum Gasteiger partial charge on any atom is 0.246 e. The van der Waals surface area contributed by atoms with E-state index in [-0.39, 0.29) is 18.0 Å². The topological polar surface area (TPSA) is 37.4 Å². The molecule has 0 atom stereocenters. The summed E-state index contributed by atoms with van der Waals surface area (Å²) in [7, 11) is -3.90. The molecule has 0 N–H and O–H groups in total. The SMILES string of the molecule is CCN(Cc1ccccc1Cl)S(=O)(=O)c1ccccc1F. The lowest BCUT2D eigenvalue weighted by Crippen LogP contribution is -2.31.